The molecular formula is C17H19F3N2O4S. The van der Waals surface area contributed by atoms with Crippen molar-refractivity contribution in [2.24, 2.45) is 0 Å². The lowest BCUT2D eigenvalue weighted by atomic mass is 10.1. The van der Waals surface area contributed by atoms with Crippen molar-refractivity contribution in [3.05, 3.63) is 34.1 Å². The molecule has 1 fully saturated rings. The molecule has 0 atom stereocenters. The number of hydrogen-bond acceptors (Lipinski definition) is 5. The van der Waals surface area contributed by atoms with Gasteiger partial charge < -0.3 is 9.30 Å². The Bertz CT molecular complexity index is 799. The molecule has 27 heavy (non-hydrogen) atoms. The summed E-state index contributed by atoms with van der Waals surface area (Å²) >= 11 is 1.10. The van der Waals surface area contributed by atoms with Crippen LogP contribution >= 0.6 is 11.8 Å². The maximum atomic E-state index is 12.7. The second-order valence-corrected chi connectivity index (χ2v) is 6.91. The van der Waals surface area contributed by atoms with E-state index in [0.29, 0.717) is 5.69 Å². The predicted molar refractivity (Wildman–Crippen MR) is 93.2 cm³/mol. The average molecular weight is 404 g/mol. The normalized spacial score (nSPS) is 16.3. The molecule has 2 heterocycles. The summed E-state index contributed by atoms with van der Waals surface area (Å²) in [4.78, 5) is 37.4. The number of ketones is 1. The molecule has 1 saturated heterocycles. The molecule has 0 N–H and O–H groups in total. The fourth-order valence-corrected chi connectivity index (χ4v) is 3.65. The monoisotopic (exact) mass is 404 g/mol. The largest absolute Gasteiger partial charge is 0.463 e. The SMILES string of the molecule is CCOC(=O)/C=C1\SCC(=O)N1CC(=O)c1cc(C)n(CC(F)(F)F)c1C. The standard InChI is InChI=1S/C17H19F3N2O4S/c1-4-26-16(25)6-15-21(14(24)8-27-15)7-13(23)12-5-10(2)22(11(12)3)9-17(18,19)20/h5-6H,4,7-9H2,1-3H3/b15-6-. The second kappa shape index (κ2) is 8.20. The lowest BCUT2D eigenvalue weighted by Crippen LogP contribution is -2.31. The highest BCUT2D eigenvalue weighted by atomic mass is 32.2. The van der Waals surface area contributed by atoms with Crippen LogP contribution in [0.15, 0.2) is 17.2 Å². The molecule has 0 aliphatic carbocycles. The van der Waals surface area contributed by atoms with Crippen molar-refractivity contribution in [3.63, 3.8) is 0 Å². The number of Topliss-reactive ketones (excluding diaryl/α,β-unsaturated/α-hetero) is 1. The van der Waals surface area contributed by atoms with Gasteiger partial charge in [0, 0.05) is 17.0 Å². The molecule has 6 nitrogen and oxygen atoms in total. The van der Waals surface area contributed by atoms with Crippen LogP contribution in [0.4, 0.5) is 13.2 Å². The van der Waals surface area contributed by atoms with Gasteiger partial charge in [-0.2, -0.15) is 13.2 Å². The van der Waals surface area contributed by atoms with E-state index in [0.717, 1.165) is 27.3 Å². The summed E-state index contributed by atoms with van der Waals surface area (Å²) in [6, 6.07) is 1.38. The van der Waals surface area contributed by atoms with Gasteiger partial charge in [0.2, 0.25) is 5.91 Å². The number of rotatable bonds is 6. The minimum absolute atomic E-state index is 0.0750. The summed E-state index contributed by atoms with van der Waals surface area (Å²) < 4.78 is 44.0. The Balaban J connectivity index is 2.22. The molecule has 1 aliphatic rings. The maximum absolute atomic E-state index is 12.7. The lowest BCUT2D eigenvalue weighted by Gasteiger charge is -2.16. The van der Waals surface area contributed by atoms with Gasteiger partial charge in [-0.25, -0.2) is 4.79 Å². The van der Waals surface area contributed by atoms with Gasteiger partial charge in [0.1, 0.15) is 6.54 Å². The van der Waals surface area contributed by atoms with E-state index >= 15 is 0 Å². The van der Waals surface area contributed by atoms with Crippen LogP contribution in [-0.2, 0) is 20.9 Å². The third-order valence-corrected chi connectivity index (χ3v) is 4.98. The summed E-state index contributed by atoms with van der Waals surface area (Å²) in [7, 11) is 0. The van der Waals surface area contributed by atoms with Crippen LogP contribution < -0.4 is 0 Å². The number of hydrogen-bond donors (Lipinski definition) is 0. The van der Waals surface area contributed by atoms with Gasteiger partial charge in [-0.15, -0.1) is 0 Å². The highest BCUT2D eigenvalue weighted by Crippen LogP contribution is 2.30. The Morgan fingerprint density at radius 3 is 2.59 bits per heavy atom. The first-order valence-corrected chi connectivity index (χ1v) is 9.10. The Morgan fingerprint density at radius 2 is 2.00 bits per heavy atom. The molecular weight excluding hydrogens is 385 g/mol. The van der Waals surface area contributed by atoms with Crippen molar-refractivity contribution < 1.29 is 32.3 Å². The van der Waals surface area contributed by atoms with Gasteiger partial charge in [-0.3, -0.25) is 14.5 Å². The van der Waals surface area contributed by atoms with Crippen molar-refractivity contribution >= 4 is 29.4 Å². The molecule has 2 rings (SSSR count). The topological polar surface area (TPSA) is 68.6 Å². The van der Waals surface area contributed by atoms with Gasteiger partial charge >= 0.3 is 12.1 Å². The van der Waals surface area contributed by atoms with Crippen LogP contribution in [0, 0.1) is 13.8 Å². The Hall–Kier alpha value is -2.23. The summed E-state index contributed by atoms with van der Waals surface area (Å²) in [5, 5.41) is 0.288. The van der Waals surface area contributed by atoms with Crippen molar-refractivity contribution in [3.8, 4) is 0 Å². The van der Waals surface area contributed by atoms with E-state index in [4.69, 9.17) is 4.74 Å². The van der Waals surface area contributed by atoms with Crippen LogP contribution in [0.5, 0.6) is 0 Å². The molecule has 0 saturated carbocycles. The number of halogens is 3. The van der Waals surface area contributed by atoms with E-state index in [1.807, 2.05) is 0 Å². The molecule has 1 aromatic heterocycles. The molecule has 1 amide bonds. The average Bonchev–Trinajstić information content (AvgIpc) is 3.02. The molecule has 0 spiro atoms. The first kappa shape index (κ1) is 21.1. The fourth-order valence-electron chi connectivity index (χ4n) is 2.72. The highest BCUT2D eigenvalue weighted by Gasteiger charge is 2.32. The van der Waals surface area contributed by atoms with Crippen LogP contribution in [0.25, 0.3) is 0 Å². The quantitative estimate of drug-likeness (QED) is 0.414. The predicted octanol–water partition coefficient (Wildman–Crippen LogP) is 2.83. The van der Waals surface area contributed by atoms with Crippen LogP contribution in [0.3, 0.4) is 0 Å². The van der Waals surface area contributed by atoms with Gasteiger partial charge in [-0.1, -0.05) is 11.8 Å². The highest BCUT2D eigenvalue weighted by molar-refractivity contribution is 8.04. The van der Waals surface area contributed by atoms with Crippen molar-refractivity contribution in [2.75, 3.05) is 18.9 Å². The molecule has 148 valence electrons. The zero-order valence-corrected chi connectivity index (χ0v) is 15.9. The number of aryl methyl sites for hydroxylation is 1. The van der Waals surface area contributed by atoms with Crippen LogP contribution in [0.1, 0.15) is 28.7 Å². The smallest absolute Gasteiger partial charge is 0.406 e. The van der Waals surface area contributed by atoms with Gasteiger partial charge in [0.15, 0.2) is 5.78 Å². The van der Waals surface area contributed by atoms with E-state index in [2.05, 4.69) is 0 Å². The van der Waals surface area contributed by atoms with Crippen molar-refractivity contribution in [1.29, 1.82) is 0 Å². The number of alkyl halides is 3. The maximum Gasteiger partial charge on any atom is 0.406 e. The number of esters is 1. The van der Waals surface area contributed by atoms with E-state index in [1.54, 1.807) is 6.92 Å². The summed E-state index contributed by atoms with van der Waals surface area (Å²) in [6.07, 6.45) is -3.27. The number of aromatic nitrogens is 1. The van der Waals surface area contributed by atoms with Crippen LogP contribution in [0.2, 0.25) is 0 Å². The summed E-state index contributed by atoms with van der Waals surface area (Å²) in [5.41, 5.74) is 0.611. The van der Waals surface area contributed by atoms with Gasteiger partial charge in [0.25, 0.3) is 0 Å². The number of ether oxygens (including phenoxy) is 1. The molecule has 1 aromatic rings. The molecule has 1 aliphatic heterocycles. The Morgan fingerprint density at radius 1 is 1.33 bits per heavy atom. The van der Waals surface area contributed by atoms with Gasteiger partial charge in [0.05, 0.1) is 30.0 Å². The molecule has 0 aromatic carbocycles. The first-order valence-electron chi connectivity index (χ1n) is 8.11. The minimum Gasteiger partial charge on any atom is -0.463 e. The second-order valence-electron chi connectivity index (χ2n) is 5.91. The number of carbonyl (C=O) groups excluding carboxylic acids is 3. The molecule has 0 bridgehead atoms. The summed E-state index contributed by atoms with van der Waals surface area (Å²) in [5.74, 6) is -1.41. The van der Waals surface area contributed by atoms with E-state index in [9.17, 15) is 27.6 Å². The zero-order chi connectivity index (χ0) is 20.4. The molecule has 0 unspecified atom stereocenters. The van der Waals surface area contributed by atoms with Crippen LogP contribution in [-0.4, -0.2) is 52.2 Å². The van der Waals surface area contributed by atoms with E-state index in [-0.39, 0.29) is 41.1 Å². The van der Waals surface area contributed by atoms with E-state index < -0.39 is 24.5 Å². The summed E-state index contributed by atoms with van der Waals surface area (Å²) in [6.45, 7) is 3.19. The number of thioether (sulfide) groups is 1. The van der Waals surface area contributed by atoms with E-state index in [1.165, 1.54) is 19.9 Å². The molecule has 0 radical (unpaired) electrons. The van der Waals surface area contributed by atoms with Crippen molar-refractivity contribution in [1.82, 2.24) is 9.47 Å². The van der Waals surface area contributed by atoms with Crippen molar-refractivity contribution in [2.45, 2.75) is 33.5 Å². The Labute approximate surface area is 158 Å². The number of amides is 1. The van der Waals surface area contributed by atoms with Gasteiger partial charge in [-0.05, 0) is 26.8 Å². The molecule has 10 heteroatoms. The third-order valence-electron chi connectivity index (χ3n) is 3.95. The first-order chi connectivity index (χ1) is 12.5. The minimum atomic E-state index is -4.41. The Kier molecular flexibility index (Phi) is 6.40. The number of nitrogens with zero attached hydrogens (tertiary/aromatic N) is 2. The lowest BCUT2D eigenvalue weighted by molar-refractivity contribution is -0.141. The fraction of sp³-hybridized carbons (Fsp3) is 0.471. The third kappa shape index (κ3) is 5.15. The zero-order valence-electron chi connectivity index (χ0n) is 15.1. The number of carbonyl (C=O) groups is 3.